The molecular formula is C15H10ClF2N3. The molecule has 6 heteroatoms. The highest BCUT2D eigenvalue weighted by molar-refractivity contribution is 6.30. The van der Waals surface area contributed by atoms with E-state index in [1.165, 1.54) is 18.2 Å². The fraction of sp³-hybridized carbons (Fsp3) is 0. The van der Waals surface area contributed by atoms with Crippen LogP contribution >= 0.6 is 11.6 Å². The van der Waals surface area contributed by atoms with Gasteiger partial charge in [0.15, 0.2) is 5.82 Å². The summed E-state index contributed by atoms with van der Waals surface area (Å²) in [4.78, 5) is 0. The molecule has 0 aliphatic carbocycles. The topological polar surface area (TPSA) is 54.7 Å². The summed E-state index contributed by atoms with van der Waals surface area (Å²) in [6, 6.07) is 10.5. The van der Waals surface area contributed by atoms with Gasteiger partial charge in [0.1, 0.15) is 11.6 Å². The highest BCUT2D eigenvalue weighted by Gasteiger charge is 2.18. The fourth-order valence-corrected chi connectivity index (χ4v) is 2.27. The van der Waals surface area contributed by atoms with Crippen molar-refractivity contribution < 1.29 is 8.78 Å². The van der Waals surface area contributed by atoms with E-state index < -0.39 is 11.6 Å². The number of hydrogen-bond donors (Lipinski definition) is 2. The van der Waals surface area contributed by atoms with Gasteiger partial charge in [-0.3, -0.25) is 5.10 Å². The standard InChI is InChI=1S/C15H10ClF2N3/c16-10-6-5-8(7-12(10)18)14-13(15(19)21-20-14)9-3-1-2-4-11(9)17/h1-7H,(H3,19,20,21). The molecule has 1 aromatic heterocycles. The first-order chi connectivity index (χ1) is 10.1. The van der Waals surface area contributed by atoms with Gasteiger partial charge in [-0.25, -0.2) is 8.78 Å². The maximum absolute atomic E-state index is 14.0. The van der Waals surface area contributed by atoms with Crippen LogP contribution < -0.4 is 5.73 Å². The van der Waals surface area contributed by atoms with E-state index in [9.17, 15) is 8.78 Å². The third-order valence-electron chi connectivity index (χ3n) is 3.15. The molecule has 0 amide bonds. The first kappa shape index (κ1) is 13.6. The molecule has 3 nitrogen and oxygen atoms in total. The zero-order valence-corrected chi connectivity index (χ0v) is 11.5. The van der Waals surface area contributed by atoms with Crippen molar-refractivity contribution in [3.05, 3.63) is 59.1 Å². The Kier molecular flexibility index (Phi) is 3.35. The molecule has 2 aromatic carbocycles. The van der Waals surface area contributed by atoms with Crippen LogP contribution in [0.25, 0.3) is 22.4 Å². The van der Waals surface area contributed by atoms with E-state index in [1.54, 1.807) is 24.3 Å². The number of hydrogen-bond acceptors (Lipinski definition) is 2. The zero-order chi connectivity index (χ0) is 15.0. The summed E-state index contributed by atoms with van der Waals surface area (Å²) in [6.45, 7) is 0. The van der Waals surface area contributed by atoms with Crippen molar-refractivity contribution in [3.8, 4) is 22.4 Å². The van der Waals surface area contributed by atoms with Crippen molar-refractivity contribution in [2.75, 3.05) is 5.73 Å². The Morgan fingerprint density at radius 2 is 1.81 bits per heavy atom. The van der Waals surface area contributed by atoms with Crippen molar-refractivity contribution in [3.63, 3.8) is 0 Å². The summed E-state index contributed by atoms with van der Waals surface area (Å²) in [5, 5.41) is 6.62. The van der Waals surface area contributed by atoms with Gasteiger partial charge in [0.05, 0.1) is 16.3 Å². The number of H-pyrrole nitrogens is 1. The Labute approximate surface area is 124 Å². The van der Waals surface area contributed by atoms with E-state index in [4.69, 9.17) is 17.3 Å². The number of anilines is 1. The van der Waals surface area contributed by atoms with Gasteiger partial charge in [-0.1, -0.05) is 35.9 Å². The van der Waals surface area contributed by atoms with Crippen LogP contribution in [0.5, 0.6) is 0 Å². The summed E-state index contributed by atoms with van der Waals surface area (Å²) in [7, 11) is 0. The molecule has 0 radical (unpaired) electrons. The second kappa shape index (κ2) is 5.18. The second-order valence-corrected chi connectivity index (χ2v) is 4.87. The molecule has 0 aliphatic heterocycles. The highest BCUT2D eigenvalue weighted by Crippen LogP contribution is 2.36. The first-order valence-corrected chi connectivity index (χ1v) is 6.50. The number of benzene rings is 2. The fourth-order valence-electron chi connectivity index (χ4n) is 2.15. The normalized spacial score (nSPS) is 10.8. The van der Waals surface area contributed by atoms with Crippen LogP contribution in [0.4, 0.5) is 14.6 Å². The van der Waals surface area contributed by atoms with E-state index in [2.05, 4.69) is 10.2 Å². The Morgan fingerprint density at radius 3 is 2.52 bits per heavy atom. The molecule has 3 aromatic rings. The third kappa shape index (κ3) is 2.36. The molecule has 0 saturated carbocycles. The predicted molar refractivity (Wildman–Crippen MR) is 78.8 cm³/mol. The summed E-state index contributed by atoms with van der Waals surface area (Å²) in [6.07, 6.45) is 0. The molecule has 1 heterocycles. The lowest BCUT2D eigenvalue weighted by Gasteiger charge is -2.06. The lowest BCUT2D eigenvalue weighted by atomic mass is 10.0. The summed E-state index contributed by atoms with van der Waals surface area (Å²) < 4.78 is 27.6. The minimum atomic E-state index is -0.568. The van der Waals surface area contributed by atoms with Gasteiger partial charge >= 0.3 is 0 Å². The Hall–Kier alpha value is -2.40. The highest BCUT2D eigenvalue weighted by atomic mass is 35.5. The van der Waals surface area contributed by atoms with Crippen molar-refractivity contribution >= 4 is 17.4 Å². The summed E-state index contributed by atoms with van der Waals surface area (Å²) in [5.41, 5.74) is 7.44. The molecule has 106 valence electrons. The van der Waals surface area contributed by atoms with Gasteiger partial charge in [-0.05, 0) is 18.2 Å². The van der Waals surface area contributed by atoms with Crippen LogP contribution in [0, 0.1) is 11.6 Å². The lowest BCUT2D eigenvalue weighted by Crippen LogP contribution is -1.91. The SMILES string of the molecule is Nc1n[nH]c(-c2ccc(Cl)c(F)c2)c1-c1ccccc1F. The van der Waals surface area contributed by atoms with E-state index in [0.29, 0.717) is 22.4 Å². The molecule has 21 heavy (non-hydrogen) atoms. The molecule has 0 spiro atoms. The summed E-state index contributed by atoms with van der Waals surface area (Å²) >= 11 is 5.67. The number of nitrogens with one attached hydrogen (secondary N) is 1. The van der Waals surface area contributed by atoms with Crippen LogP contribution in [0.2, 0.25) is 5.02 Å². The van der Waals surface area contributed by atoms with Gasteiger partial charge < -0.3 is 5.73 Å². The molecule has 0 fully saturated rings. The molecule has 0 atom stereocenters. The van der Waals surface area contributed by atoms with E-state index in [0.717, 1.165) is 0 Å². The Bertz CT molecular complexity index is 814. The second-order valence-electron chi connectivity index (χ2n) is 4.47. The minimum absolute atomic E-state index is 0.0127. The Balaban J connectivity index is 2.22. The molecule has 0 bridgehead atoms. The quantitative estimate of drug-likeness (QED) is 0.743. The predicted octanol–water partition coefficient (Wildman–Crippen LogP) is 4.26. The number of aromatic amines is 1. The maximum Gasteiger partial charge on any atom is 0.153 e. The van der Waals surface area contributed by atoms with Crippen molar-refractivity contribution in [2.24, 2.45) is 0 Å². The van der Waals surface area contributed by atoms with Gasteiger partial charge in [-0.2, -0.15) is 5.10 Å². The maximum atomic E-state index is 14.0. The average Bonchev–Trinajstić information content (AvgIpc) is 2.84. The number of nitrogens with two attached hydrogens (primary N) is 1. The Morgan fingerprint density at radius 1 is 1.05 bits per heavy atom. The average molecular weight is 306 g/mol. The van der Waals surface area contributed by atoms with Crippen LogP contribution in [0.3, 0.4) is 0 Å². The van der Waals surface area contributed by atoms with Gasteiger partial charge in [0.2, 0.25) is 0 Å². The third-order valence-corrected chi connectivity index (χ3v) is 3.45. The molecule has 0 saturated heterocycles. The number of rotatable bonds is 2. The smallest absolute Gasteiger partial charge is 0.153 e. The molecular weight excluding hydrogens is 296 g/mol. The summed E-state index contributed by atoms with van der Waals surface area (Å²) in [5.74, 6) is -0.853. The lowest BCUT2D eigenvalue weighted by molar-refractivity contribution is 0.628. The molecule has 3 rings (SSSR count). The van der Waals surface area contributed by atoms with E-state index in [1.807, 2.05) is 0 Å². The first-order valence-electron chi connectivity index (χ1n) is 6.12. The van der Waals surface area contributed by atoms with Crippen molar-refractivity contribution in [2.45, 2.75) is 0 Å². The number of aromatic nitrogens is 2. The van der Waals surface area contributed by atoms with Crippen LogP contribution in [-0.2, 0) is 0 Å². The monoisotopic (exact) mass is 305 g/mol. The van der Waals surface area contributed by atoms with E-state index >= 15 is 0 Å². The minimum Gasteiger partial charge on any atom is -0.382 e. The van der Waals surface area contributed by atoms with E-state index in [-0.39, 0.29) is 10.8 Å². The number of halogens is 3. The largest absolute Gasteiger partial charge is 0.382 e. The molecule has 0 unspecified atom stereocenters. The van der Waals surface area contributed by atoms with Gasteiger partial charge in [0.25, 0.3) is 0 Å². The van der Waals surface area contributed by atoms with Gasteiger partial charge in [-0.15, -0.1) is 0 Å². The van der Waals surface area contributed by atoms with Crippen molar-refractivity contribution in [1.82, 2.24) is 10.2 Å². The van der Waals surface area contributed by atoms with Crippen LogP contribution in [-0.4, -0.2) is 10.2 Å². The van der Waals surface area contributed by atoms with Crippen LogP contribution in [0.15, 0.2) is 42.5 Å². The number of nitrogen functional groups attached to an aromatic ring is 1. The van der Waals surface area contributed by atoms with Crippen LogP contribution in [0.1, 0.15) is 0 Å². The van der Waals surface area contributed by atoms with Gasteiger partial charge in [0, 0.05) is 11.1 Å². The zero-order valence-electron chi connectivity index (χ0n) is 10.7. The molecule has 0 aliphatic rings. The molecule has 3 N–H and O–H groups in total. The number of nitrogens with zero attached hydrogens (tertiary/aromatic N) is 1. The van der Waals surface area contributed by atoms with Crippen molar-refractivity contribution in [1.29, 1.82) is 0 Å².